The van der Waals surface area contributed by atoms with E-state index >= 15 is 0 Å². The summed E-state index contributed by atoms with van der Waals surface area (Å²) < 4.78 is 40.1. The second kappa shape index (κ2) is 12.5. The third-order valence-corrected chi connectivity index (χ3v) is 7.84. The fourth-order valence-corrected chi connectivity index (χ4v) is 5.65. The summed E-state index contributed by atoms with van der Waals surface area (Å²) in [6.07, 6.45) is 0.680. The maximum absolute atomic E-state index is 13.2. The molecule has 0 aliphatic carbocycles. The minimum atomic E-state index is -3.40. The van der Waals surface area contributed by atoms with E-state index in [4.69, 9.17) is 0 Å². The van der Waals surface area contributed by atoms with E-state index < -0.39 is 10.0 Å². The Balaban J connectivity index is 0.00000420. The van der Waals surface area contributed by atoms with Gasteiger partial charge >= 0.3 is 0 Å². The fourth-order valence-electron chi connectivity index (χ4n) is 2.68. The molecule has 0 unspecified atom stereocenters. The summed E-state index contributed by atoms with van der Waals surface area (Å²) >= 11 is 1.30. The number of hydrogen-bond donors (Lipinski definition) is 2. The quantitative estimate of drug-likeness (QED) is 0.283. The number of sulfonamides is 1. The maximum atomic E-state index is 13.2. The van der Waals surface area contributed by atoms with Crippen LogP contribution in [-0.2, 0) is 23.0 Å². The fraction of sp³-hybridized carbons (Fsp3) is 0.421. The molecule has 1 heterocycles. The Hall–Kier alpha value is -1.24. The van der Waals surface area contributed by atoms with Gasteiger partial charge in [0.15, 0.2) is 5.96 Å². The number of guanidine groups is 1. The van der Waals surface area contributed by atoms with Gasteiger partial charge in [-0.25, -0.2) is 12.8 Å². The molecule has 0 saturated carbocycles. The Morgan fingerprint density at radius 3 is 2.52 bits per heavy atom. The molecular formula is C19H28FIN4O2S2. The Labute approximate surface area is 193 Å². The standard InChI is InChI=1S/C19H27FN4O2S2.HI/c1-4-24(5-2)28(25,26)18-10-9-17(27-18)11-12-22-19(21-3)23-14-15-7-6-8-16(20)13-15;/h6-10,13H,4-5,11-12,14H2,1-3H3,(H2,21,22,23);1H. The van der Waals surface area contributed by atoms with Crippen LogP contribution in [0.25, 0.3) is 0 Å². The molecule has 29 heavy (non-hydrogen) atoms. The minimum absolute atomic E-state index is 0. The molecule has 2 aromatic rings. The van der Waals surface area contributed by atoms with Gasteiger partial charge in [-0.1, -0.05) is 26.0 Å². The van der Waals surface area contributed by atoms with E-state index in [-0.39, 0.29) is 29.8 Å². The minimum Gasteiger partial charge on any atom is -0.356 e. The average molecular weight is 554 g/mol. The van der Waals surface area contributed by atoms with Crippen LogP contribution < -0.4 is 10.6 Å². The van der Waals surface area contributed by atoms with Gasteiger partial charge in [-0.05, 0) is 36.2 Å². The Morgan fingerprint density at radius 2 is 1.90 bits per heavy atom. The topological polar surface area (TPSA) is 73.8 Å². The molecule has 0 spiro atoms. The van der Waals surface area contributed by atoms with Crippen molar-refractivity contribution in [3.8, 4) is 0 Å². The van der Waals surface area contributed by atoms with Gasteiger partial charge in [0.2, 0.25) is 0 Å². The molecule has 6 nitrogen and oxygen atoms in total. The summed E-state index contributed by atoms with van der Waals surface area (Å²) in [5.41, 5.74) is 0.826. The molecule has 2 N–H and O–H groups in total. The van der Waals surface area contributed by atoms with Gasteiger partial charge in [-0.3, -0.25) is 4.99 Å². The van der Waals surface area contributed by atoms with Crippen molar-refractivity contribution in [3.05, 3.63) is 52.7 Å². The second-order valence-corrected chi connectivity index (χ2v) is 9.38. The zero-order valence-electron chi connectivity index (χ0n) is 16.8. The molecule has 0 radical (unpaired) electrons. The van der Waals surface area contributed by atoms with E-state index in [0.29, 0.717) is 42.8 Å². The highest BCUT2D eigenvalue weighted by molar-refractivity contribution is 14.0. The van der Waals surface area contributed by atoms with Gasteiger partial charge in [-0.2, -0.15) is 4.31 Å². The van der Waals surface area contributed by atoms with Crippen molar-refractivity contribution < 1.29 is 12.8 Å². The summed E-state index contributed by atoms with van der Waals surface area (Å²) in [6, 6.07) is 9.92. The van der Waals surface area contributed by atoms with Crippen LogP contribution in [0.15, 0.2) is 45.6 Å². The molecule has 0 aliphatic rings. The van der Waals surface area contributed by atoms with Crippen LogP contribution in [0, 0.1) is 5.82 Å². The van der Waals surface area contributed by atoms with Crippen LogP contribution in [-0.4, -0.2) is 45.4 Å². The lowest BCUT2D eigenvalue weighted by atomic mass is 10.2. The first-order valence-corrected chi connectivity index (χ1v) is 11.4. The molecule has 0 fully saturated rings. The lowest BCUT2D eigenvalue weighted by Gasteiger charge is -2.16. The van der Waals surface area contributed by atoms with Crippen molar-refractivity contribution in [2.24, 2.45) is 4.99 Å². The Kier molecular flexibility index (Phi) is 11.1. The summed E-state index contributed by atoms with van der Waals surface area (Å²) in [5, 5.41) is 6.32. The summed E-state index contributed by atoms with van der Waals surface area (Å²) in [5.74, 6) is 0.340. The predicted molar refractivity (Wildman–Crippen MR) is 128 cm³/mol. The van der Waals surface area contributed by atoms with Gasteiger partial charge in [0.05, 0.1) is 0 Å². The van der Waals surface area contributed by atoms with Crippen LogP contribution in [0.5, 0.6) is 0 Å². The monoisotopic (exact) mass is 554 g/mol. The van der Waals surface area contributed by atoms with Crippen molar-refractivity contribution in [1.82, 2.24) is 14.9 Å². The number of nitrogens with one attached hydrogen (secondary N) is 2. The maximum Gasteiger partial charge on any atom is 0.252 e. The number of hydrogen-bond acceptors (Lipinski definition) is 4. The third kappa shape index (κ3) is 7.50. The van der Waals surface area contributed by atoms with Crippen LogP contribution in [0.3, 0.4) is 0 Å². The number of aliphatic imine (C=N–C) groups is 1. The average Bonchev–Trinajstić information content (AvgIpc) is 3.15. The van der Waals surface area contributed by atoms with Gasteiger partial charge < -0.3 is 10.6 Å². The molecule has 0 aliphatic heterocycles. The van der Waals surface area contributed by atoms with Gasteiger partial charge in [-0.15, -0.1) is 35.3 Å². The lowest BCUT2D eigenvalue weighted by Crippen LogP contribution is -2.37. The highest BCUT2D eigenvalue weighted by Crippen LogP contribution is 2.25. The second-order valence-electron chi connectivity index (χ2n) is 6.04. The summed E-state index contributed by atoms with van der Waals surface area (Å²) in [6.45, 7) is 5.66. The van der Waals surface area contributed by atoms with Crippen LogP contribution >= 0.6 is 35.3 Å². The van der Waals surface area contributed by atoms with E-state index in [1.54, 1.807) is 19.2 Å². The highest BCUT2D eigenvalue weighted by atomic mass is 127. The number of nitrogens with zero attached hydrogens (tertiary/aromatic N) is 2. The highest BCUT2D eigenvalue weighted by Gasteiger charge is 2.23. The molecule has 0 atom stereocenters. The van der Waals surface area contributed by atoms with Crippen molar-refractivity contribution >= 4 is 51.3 Å². The van der Waals surface area contributed by atoms with Crippen molar-refractivity contribution in [2.45, 2.75) is 31.0 Å². The van der Waals surface area contributed by atoms with Gasteiger partial charge in [0.25, 0.3) is 10.0 Å². The smallest absolute Gasteiger partial charge is 0.252 e. The molecule has 1 aromatic heterocycles. The molecule has 10 heteroatoms. The molecule has 162 valence electrons. The van der Waals surface area contributed by atoms with Crippen LogP contribution in [0.4, 0.5) is 4.39 Å². The Bertz CT molecular complexity index is 899. The number of benzene rings is 1. The van der Waals surface area contributed by atoms with E-state index in [0.717, 1.165) is 10.4 Å². The lowest BCUT2D eigenvalue weighted by molar-refractivity contribution is 0.447. The normalized spacial score (nSPS) is 12.0. The first-order valence-electron chi connectivity index (χ1n) is 9.18. The van der Waals surface area contributed by atoms with Crippen molar-refractivity contribution in [2.75, 3.05) is 26.7 Å². The largest absolute Gasteiger partial charge is 0.356 e. The molecule has 0 amide bonds. The molecule has 0 bridgehead atoms. The van der Waals surface area contributed by atoms with E-state index in [2.05, 4.69) is 15.6 Å². The van der Waals surface area contributed by atoms with Crippen molar-refractivity contribution in [1.29, 1.82) is 0 Å². The molecular weight excluding hydrogens is 526 g/mol. The number of thiophene rings is 1. The van der Waals surface area contributed by atoms with Crippen LogP contribution in [0.2, 0.25) is 0 Å². The zero-order valence-corrected chi connectivity index (χ0v) is 20.8. The SMILES string of the molecule is CCN(CC)S(=O)(=O)c1ccc(CCNC(=NC)NCc2cccc(F)c2)s1.I. The van der Waals surface area contributed by atoms with E-state index in [9.17, 15) is 12.8 Å². The molecule has 1 aromatic carbocycles. The summed E-state index contributed by atoms with van der Waals surface area (Å²) in [7, 11) is -1.74. The van der Waals surface area contributed by atoms with Gasteiger partial charge in [0, 0.05) is 38.1 Å². The number of rotatable bonds is 9. The van der Waals surface area contributed by atoms with Crippen molar-refractivity contribution in [3.63, 3.8) is 0 Å². The molecule has 2 rings (SSSR count). The summed E-state index contributed by atoms with van der Waals surface area (Å²) in [4.78, 5) is 5.13. The van der Waals surface area contributed by atoms with E-state index in [1.165, 1.54) is 27.8 Å². The first kappa shape index (κ1) is 25.8. The zero-order chi connectivity index (χ0) is 20.6. The Morgan fingerprint density at radius 1 is 1.17 bits per heavy atom. The first-order chi connectivity index (χ1) is 13.4. The van der Waals surface area contributed by atoms with E-state index in [1.807, 2.05) is 26.0 Å². The number of halogens is 2. The third-order valence-electron chi connectivity index (χ3n) is 4.17. The molecule has 0 saturated heterocycles. The predicted octanol–water partition coefficient (Wildman–Crippen LogP) is 3.44. The van der Waals surface area contributed by atoms with Gasteiger partial charge in [0.1, 0.15) is 10.0 Å². The van der Waals surface area contributed by atoms with Crippen LogP contribution in [0.1, 0.15) is 24.3 Å².